The quantitative estimate of drug-likeness (QED) is 0.717. The fourth-order valence-corrected chi connectivity index (χ4v) is 3.26. The molecule has 1 N–H and O–H groups in total. The Bertz CT molecular complexity index is 721. The third kappa shape index (κ3) is 5.61. The molecule has 0 saturated carbocycles. The fourth-order valence-electron chi connectivity index (χ4n) is 3.26. The van der Waals surface area contributed by atoms with Gasteiger partial charge in [0.25, 0.3) is 0 Å². The van der Waals surface area contributed by atoms with Crippen LogP contribution in [0.1, 0.15) is 30.7 Å². The molecule has 1 aromatic heterocycles. The number of likely N-dealkylation sites (tertiary alicyclic amines) is 1. The maximum absolute atomic E-state index is 12.2. The van der Waals surface area contributed by atoms with Gasteiger partial charge in [-0.3, -0.25) is 9.69 Å². The van der Waals surface area contributed by atoms with Gasteiger partial charge in [-0.05, 0) is 39.3 Å². The van der Waals surface area contributed by atoms with E-state index in [-0.39, 0.29) is 11.8 Å². The van der Waals surface area contributed by atoms with E-state index in [1.807, 2.05) is 24.3 Å². The minimum atomic E-state index is 0.0922. The van der Waals surface area contributed by atoms with Crippen molar-refractivity contribution in [3.63, 3.8) is 0 Å². The van der Waals surface area contributed by atoms with E-state index in [1.165, 1.54) is 5.56 Å². The maximum Gasteiger partial charge on any atom is 0.241 e. The Balaban J connectivity index is 1.44. The van der Waals surface area contributed by atoms with Gasteiger partial charge in [-0.25, -0.2) is 0 Å². The Kier molecular flexibility index (Phi) is 6.95. The van der Waals surface area contributed by atoms with E-state index in [1.54, 1.807) is 7.11 Å². The Morgan fingerprint density at radius 2 is 2.04 bits per heavy atom. The Morgan fingerprint density at radius 3 is 2.74 bits per heavy atom. The molecular formula is C20H28N4O3. The number of rotatable bonds is 8. The van der Waals surface area contributed by atoms with E-state index < -0.39 is 0 Å². The standard InChI is InChI=1S/C20H28N4O3/c1-15-4-6-16(7-5-15)19-22-18(27-23-19)14-24-11-8-17(9-12-24)20(25)21-10-3-13-26-2/h4-7,17H,3,8-14H2,1-2H3,(H,21,25). The summed E-state index contributed by atoms with van der Waals surface area (Å²) in [5.41, 5.74) is 2.16. The number of piperidine rings is 1. The number of ether oxygens (including phenoxy) is 1. The molecule has 3 rings (SSSR count). The third-order valence-electron chi connectivity index (χ3n) is 4.92. The van der Waals surface area contributed by atoms with Crippen molar-refractivity contribution in [1.29, 1.82) is 0 Å². The lowest BCUT2D eigenvalue weighted by atomic mass is 9.96. The van der Waals surface area contributed by atoms with Crippen molar-refractivity contribution < 1.29 is 14.1 Å². The number of carbonyl (C=O) groups excluding carboxylic acids is 1. The monoisotopic (exact) mass is 372 g/mol. The highest BCUT2D eigenvalue weighted by atomic mass is 16.5. The molecule has 2 aromatic rings. The summed E-state index contributed by atoms with van der Waals surface area (Å²) in [5, 5.41) is 7.09. The van der Waals surface area contributed by atoms with Crippen molar-refractivity contribution in [2.24, 2.45) is 5.92 Å². The van der Waals surface area contributed by atoms with Gasteiger partial charge in [0.15, 0.2) is 0 Å². The lowest BCUT2D eigenvalue weighted by Crippen LogP contribution is -2.40. The number of hydrogen-bond acceptors (Lipinski definition) is 6. The zero-order chi connectivity index (χ0) is 19.1. The molecule has 27 heavy (non-hydrogen) atoms. The van der Waals surface area contributed by atoms with E-state index in [2.05, 4.69) is 27.3 Å². The van der Waals surface area contributed by atoms with Crippen molar-refractivity contribution in [3.05, 3.63) is 35.7 Å². The summed E-state index contributed by atoms with van der Waals surface area (Å²) in [4.78, 5) is 19.0. The first kappa shape index (κ1) is 19.5. The van der Waals surface area contributed by atoms with Crippen LogP contribution in [0.2, 0.25) is 0 Å². The van der Waals surface area contributed by atoms with Crippen LogP contribution in [0.25, 0.3) is 11.4 Å². The van der Waals surface area contributed by atoms with E-state index in [0.29, 0.717) is 31.4 Å². The topological polar surface area (TPSA) is 80.5 Å². The largest absolute Gasteiger partial charge is 0.385 e. The molecule has 0 unspecified atom stereocenters. The van der Waals surface area contributed by atoms with Crippen molar-refractivity contribution >= 4 is 5.91 Å². The first-order valence-electron chi connectivity index (χ1n) is 9.54. The maximum atomic E-state index is 12.2. The molecule has 1 amide bonds. The van der Waals surface area contributed by atoms with Crippen LogP contribution in [-0.4, -0.2) is 54.3 Å². The molecule has 7 nitrogen and oxygen atoms in total. The highest BCUT2D eigenvalue weighted by molar-refractivity contribution is 5.78. The van der Waals surface area contributed by atoms with E-state index >= 15 is 0 Å². The van der Waals surface area contributed by atoms with E-state index in [9.17, 15) is 4.79 Å². The molecule has 0 radical (unpaired) electrons. The van der Waals surface area contributed by atoms with Crippen molar-refractivity contribution in [1.82, 2.24) is 20.4 Å². The lowest BCUT2D eigenvalue weighted by molar-refractivity contribution is -0.126. The van der Waals surface area contributed by atoms with Gasteiger partial charge >= 0.3 is 0 Å². The normalized spacial score (nSPS) is 15.8. The van der Waals surface area contributed by atoms with Gasteiger partial charge < -0.3 is 14.6 Å². The SMILES string of the molecule is COCCCNC(=O)C1CCN(Cc2nc(-c3ccc(C)cc3)no2)CC1. The van der Waals surface area contributed by atoms with Gasteiger partial charge in [-0.2, -0.15) is 4.98 Å². The number of carbonyl (C=O) groups is 1. The molecule has 7 heteroatoms. The summed E-state index contributed by atoms with van der Waals surface area (Å²) in [7, 11) is 1.67. The fraction of sp³-hybridized carbons (Fsp3) is 0.550. The summed E-state index contributed by atoms with van der Waals surface area (Å²) < 4.78 is 10.4. The van der Waals surface area contributed by atoms with Crippen LogP contribution in [0.15, 0.2) is 28.8 Å². The zero-order valence-electron chi connectivity index (χ0n) is 16.1. The first-order chi connectivity index (χ1) is 13.2. The van der Waals surface area contributed by atoms with Crippen LogP contribution < -0.4 is 5.32 Å². The summed E-state index contributed by atoms with van der Waals surface area (Å²) in [6.45, 7) is 5.75. The van der Waals surface area contributed by atoms with Crippen molar-refractivity contribution in [2.75, 3.05) is 33.4 Å². The summed E-state index contributed by atoms with van der Waals surface area (Å²) in [6, 6.07) is 8.08. The second-order valence-electron chi connectivity index (χ2n) is 7.07. The smallest absolute Gasteiger partial charge is 0.241 e. The number of aromatic nitrogens is 2. The molecule has 0 atom stereocenters. The second-order valence-corrected chi connectivity index (χ2v) is 7.07. The van der Waals surface area contributed by atoms with Gasteiger partial charge in [0.05, 0.1) is 6.54 Å². The molecular weight excluding hydrogens is 344 g/mol. The van der Waals surface area contributed by atoms with Gasteiger partial charge in [0, 0.05) is 31.7 Å². The molecule has 0 bridgehead atoms. The number of nitrogens with zero attached hydrogens (tertiary/aromatic N) is 3. The highest BCUT2D eigenvalue weighted by Crippen LogP contribution is 2.21. The minimum absolute atomic E-state index is 0.0922. The summed E-state index contributed by atoms with van der Waals surface area (Å²) in [6.07, 6.45) is 2.56. The van der Waals surface area contributed by atoms with Gasteiger partial charge in [-0.1, -0.05) is 35.0 Å². The predicted molar refractivity (Wildman–Crippen MR) is 102 cm³/mol. The van der Waals surface area contributed by atoms with Gasteiger partial charge in [0.1, 0.15) is 0 Å². The summed E-state index contributed by atoms with van der Waals surface area (Å²) in [5.74, 6) is 1.49. The average molecular weight is 372 g/mol. The molecule has 0 spiro atoms. The van der Waals surface area contributed by atoms with Crippen LogP contribution >= 0.6 is 0 Å². The van der Waals surface area contributed by atoms with E-state index in [4.69, 9.17) is 9.26 Å². The van der Waals surface area contributed by atoms with Crippen LogP contribution in [0.3, 0.4) is 0 Å². The van der Waals surface area contributed by atoms with Gasteiger partial charge in [0.2, 0.25) is 17.6 Å². The second kappa shape index (κ2) is 9.62. The third-order valence-corrected chi connectivity index (χ3v) is 4.92. The van der Waals surface area contributed by atoms with Gasteiger partial charge in [-0.15, -0.1) is 0 Å². The molecule has 1 fully saturated rings. The lowest BCUT2D eigenvalue weighted by Gasteiger charge is -2.30. The average Bonchev–Trinajstić information content (AvgIpc) is 3.15. The number of amides is 1. The number of hydrogen-bond donors (Lipinski definition) is 1. The Hall–Kier alpha value is -2.25. The van der Waals surface area contributed by atoms with Crippen molar-refractivity contribution in [2.45, 2.75) is 32.7 Å². The van der Waals surface area contributed by atoms with Crippen molar-refractivity contribution in [3.8, 4) is 11.4 Å². The molecule has 1 aromatic carbocycles. The molecule has 1 aliphatic rings. The number of nitrogens with one attached hydrogen (secondary N) is 1. The Morgan fingerprint density at radius 1 is 1.30 bits per heavy atom. The number of aryl methyl sites for hydroxylation is 1. The molecule has 146 valence electrons. The van der Waals surface area contributed by atoms with Crippen LogP contribution in [0.4, 0.5) is 0 Å². The minimum Gasteiger partial charge on any atom is -0.385 e. The number of benzene rings is 1. The van der Waals surface area contributed by atoms with Crippen LogP contribution in [0, 0.1) is 12.8 Å². The Labute approximate surface area is 160 Å². The molecule has 0 aliphatic carbocycles. The predicted octanol–water partition coefficient (Wildman–Crippen LogP) is 2.41. The highest BCUT2D eigenvalue weighted by Gasteiger charge is 2.25. The van der Waals surface area contributed by atoms with Crippen LogP contribution in [0.5, 0.6) is 0 Å². The summed E-state index contributed by atoms with van der Waals surface area (Å²) >= 11 is 0. The van der Waals surface area contributed by atoms with Crippen LogP contribution in [-0.2, 0) is 16.1 Å². The first-order valence-corrected chi connectivity index (χ1v) is 9.54. The van der Waals surface area contributed by atoms with E-state index in [0.717, 1.165) is 37.9 Å². The number of methoxy groups -OCH3 is 1. The molecule has 1 aliphatic heterocycles. The molecule has 2 heterocycles. The molecule has 1 saturated heterocycles. The zero-order valence-corrected chi connectivity index (χ0v) is 16.1.